The first-order valence-corrected chi connectivity index (χ1v) is 17.3. The van der Waals surface area contributed by atoms with Gasteiger partial charge >= 0.3 is 0 Å². The Balaban J connectivity index is 1.32. The predicted octanol–water partition coefficient (Wildman–Crippen LogP) is 13.6. The maximum absolute atomic E-state index is 2.47. The second-order valence-electron chi connectivity index (χ2n) is 14.1. The van der Waals surface area contributed by atoms with Crippen molar-refractivity contribution in [3.8, 4) is 44.5 Å². The third kappa shape index (κ3) is 4.24. The summed E-state index contributed by atoms with van der Waals surface area (Å²) in [6.07, 6.45) is 0. The molecule has 0 spiro atoms. The van der Waals surface area contributed by atoms with Gasteiger partial charge in [-0.25, -0.2) is 0 Å². The van der Waals surface area contributed by atoms with Crippen LogP contribution in [0.25, 0.3) is 87.6 Å². The Kier molecular flexibility index (Phi) is 6.02. The number of hydrogen-bond donors (Lipinski definition) is 0. The van der Waals surface area contributed by atoms with Crippen LogP contribution in [0, 0.1) is 0 Å². The average Bonchev–Trinajstić information content (AvgIpc) is 3.38. The Labute approximate surface area is 286 Å². The zero-order chi connectivity index (χ0) is 32.7. The molecule has 230 valence electrons. The highest BCUT2D eigenvalue weighted by atomic mass is 14.4. The molecular weight excluding hydrogens is 589 g/mol. The van der Waals surface area contributed by atoms with Crippen LogP contribution in [-0.4, -0.2) is 0 Å². The summed E-state index contributed by atoms with van der Waals surface area (Å²) in [5, 5.41) is 10.1. The fourth-order valence-corrected chi connectivity index (χ4v) is 8.55. The van der Waals surface area contributed by atoms with Gasteiger partial charge in [-0.1, -0.05) is 159 Å². The van der Waals surface area contributed by atoms with Crippen LogP contribution in [-0.2, 0) is 5.41 Å². The monoisotopic (exact) mass is 622 g/mol. The largest absolute Gasteiger partial charge is 0.0619 e. The molecule has 0 N–H and O–H groups in total. The highest BCUT2D eigenvalue weighted by Crippen LogP contribution is 2.51. The molecule has 0 bridgehead atoms. The van der Waals surface area contributed by atoms with E-state index in [4.69, 9.17) is 0 Å². The molecule has 10 rings (SSSR count). The van der Waals surface area contributed by atoms with Crippen LogP contribution in [0.3, 0.4) is 0 Å². The lowest BCUT2D eigenvalue weighted by molar-refractivity contribution is 0.660. The van der Waals surface area contributed by atoms with Gasteiger partial charge in [0.25, 0.3) is 0 Å². The fraction of sp³-hybridized carbons (Fsp3) is 0.0612. The van der Waals surface area contributed by atoms with Crippen LogP contribution in [0.4, 0.5) is 0 Å². The number of benzene rings is 9. The first-order chi connectivity index (χ1) is 24.0. The van der Waals surface area contributed by atoms with E-state index in [-0.39, 0.29) is 5.41 Å². The molecule has 0 aliphatic heterocycles. The van der Waals surface area contributed by atoms with Gasteiger partial charge in [0.2, 0.25) is 0 Å². The molecule has 0 heterocycles. The first-order valence-electron chi connectivity index (χ1n) is 17.3. The minimum Gasteiger partial charge on any atom is -0.0619 e. The van der Waals surface area contributed by atoms with Crippen molar-refractivity contribution in [2.75, 3.05) is 0 Å². The van der Waals surface area contributed by atoms with Gasteiger partial charge in [0.15, 0.2) is 0 Å². The molecule has 1 aliphatic carbocycles. The lowest BCUT2D eigenvalue weighted by atomic mass is 9.80. The minimum atomic E-state index is -0.0728. The molecule has 49 heavy (non-hydrogen) atoms. The third-order valence-corrected chi connectivity index (χ3v) is 11.0. The number of fused-ring (bicyclic) bond motifs is 7. The maximum Gasteiger partial charge on any atom is 0.0159 e. The zero-order valence-corrected chi connectivity index (χ0v) is 27.7. The van der Waals surface area contributed by atoms with Gasteiger partial charge in [-0.3, -0.25) is 0 Å². The Morgan fingerprint density at radius 2 is 0.857 bits per heavy atom. The Morgan fingerprint density at radius 3 is 1.63 bits per heavy atom. The molecular formula is C49H34. The van der Waals surface area contributed by atoms with Crippen LogP contribution in [0.1, 0.15) is 25.0 Å². The molecule has 0 amide bonds. The summed E-state index contributed by atoms with van der Waals surface area (Å²) >= 11 is 0. The minimum absolute atomic E-state index is 0.0728. The lowest BCUT2D eigenvalue weighted by Crippen LogP contribution is -2.14. The van der Waals surface area contributed by atoms with E-state index in [2.05, 4.69) is 184 Å². The van der Waals surface area contributed by atoms with Gasteiger partial charge in [-0.2, -0.15) is 0 Å². The number of hydrogen-bond acceptors (Lipinski definition) is 0. The Bertz CT molecular complexity index is 2800. The van der Waals surface area contributed by atoms with E-state index in [0.717, 1.165) is 0 Å². The van der Waals surface area contributed by atoms with E-state index < -0.39 is 0 Å². The SMILES string of the molecule is CC1(C)c2ccccc2-c2ccc(-c3ccc(-c4ccc5ccccc5c4)c4cc5ccccc5c(-c5ccc6ccccc6c5)c34)cc21. The summed E-state index contributed by atoms with van der Waals surface area (Å²) in [7, 11) is 0. The molecule has 0 saturated heterocycles. The molecule has 0 heteroatoms. The number of rotatable bonds is 3. The molecule has 0 unspecified atom stereocenters. The Morgan fingerprint density at radius 1 is 0.327 bits per heavy atom. The molecule has 0 nitrogen and oxygen atoms in total. The molecule has 0 atom stereocenters. The van der Waals surface area contributed by atoms with Crippen molar-refractivity contribution in [1.82, 2.24) is 0 Å². The van der Waals surface area contributed by atoms with Gasteiger partial charge in [-0.15, -0.1) is 0 Å². The summed E-state index contributed by atoms with van der Waals surface area (Å²) in [6, 6.07) is 63.4. The van der Waals surface area contributed by atoms with Crippen molar-refractivity contribution in [3.63, 3.8) is 0 Å². The molecule has 0 radical (unpaired) electrons. The highest BCUT2D eigenvalue weighted by Gasteiger charge is 2.35. The molecule has 0 aromatic heterocycles. The van der Waals surface area contributed by atoms with E-state index in [1.807, 2.05) is 0 Å². The second kappa shape index (κ2) is 10.5. The quantitative estimate of drug-likeness (QED) is 0.172. The van der Waals surface area contributed by atoms with Crippen LogP contribution in [0.2, 0.25) is 0 Å². The smallest absolute Gasteiger partial charge is 0.0159 e. The zero-order valence-electron chi connectivity index (χ0n) is 27.7. The van der Waals surface area contributed by atoms with E-state index in [9.17, 15) is 0 Å². The van der Waals surface area contributed by atoms with Crippen molar-refractivity contribution in [2.45, 2.75) is 19.3 Å². The summed E-state index contributed by atoms with van der Waals surface area (Å²) in [4.78, 5) is 0. The Hall–Kier alpha value is -5.98. The van der Waals surface area contributed by atoms with Gasteiger partial charge in [0.1, 0.15) is 0 Å². The van der Waals surface area contributed by atoms with Crippen molar-refractivity contribution in [1.29, 1.82) is 0 Å². The van der Waals surface area contributed by atoms with Gasteiger partial charge in [0.05, 0.1) is 0 Å². The summed E-state index contributed by atoms with van der Waals surface area (Å²) < 4.78 is 0. The van der Waals surface area contributed by atoms with Crippen LogP contribution in [0.15, 0.2) is 170 Å². The lowest BCUT2D eigenvalue weighted by Gasteiger charge is -2.23. The first kappa shape index (κ1) is 28.1. The predicted molar refractivity (Wildman–Crippen MR) is 210 cm³/mol. The maximum atomic E-state index is 2.47. The molecule has 9 aromatic carbocycles. The van der Waals surface area contributed by atoms with Crippen molar-refractivity contribution in [3.05, 3.63) is 181 Å². The van der Waals surface area contributed by atoms with E-state index in [1.54, 1.807) is 0 Å². The standard InChI is InChI=1S/C49H34/c1-49(2)45-18-10-9-17-42(45)43-24-23-37(30-46(43)49)41-26-25-39(36-21-19-31-11-3-5-13-33(31)27-36)44-29-35-15-7-8-16-40(35)47(48(41)44)38-22-20-32-12-4-6-14-34(32)28-38/h3-30H,1-2H3. The summed E-state index contributed by atoms with van der Waals surface area (Å²) in [5.41, 5.74) is 13.0. The van der Waals surface area contributed by atoms with E-state index in [0.29, 0.717) is 0 Å². The van der Waals surface area contributed by atoms with Crippen LogP contribution < -0.4 is 0 Å². The van der Waals surface area contributed by atoms with Crippen LogP contribution >= 0.6 is 0 Å². The average molecular weight is 623 g/mol. The molecule has 0 saturated carbocycles. The van der Waals surface area contributed by atoms with Gasteiger partial charge < -0.3 is 0 Å². The van der Waals surface area contributed by atoms with E-state index >= 15 is 0 Å². The summed E-state index contributed by atoms with van der Waals surface area (Å²) in [6.45, 7) is 4.74. The molecule has 1 aliphatic rings. The summed E-state index contributed by atoms with van der Waals surface area (Å²) in [5.74, 6) is 0. The second-order valence-corrected chi connectivity index (χ2v) is 14.1. The van der Waals surface area contributed by atoms with Gasteiger partial charge in [-0.05, 0) is 123 Å². The topological polar surface area (TPSA) is 0 Å². The van der Waals surface area contributed by atoms with E-state index in [1.165, 1.54) is 98.7 Å². The molecule has 0 fully saturated rings. The van der Waals surface area contributed by atoms with Crippen molar-refractivity contribution < 1.29 is 0 Å². The highest BCUT2D eigenvalue weighted by molar-refractivity contribution is 6.21. The van der Waals surface area contributed by atoms with Crippen molar-refractivity contribution in [2.24, 2.45) is 0 Å². The van der Waals surface area contributed by atoms with Crippen molar-refractivity contribution >= 4 is 43.1 Å². The molecule has 9 aromatic rings. The fourth-order valence-electron chi connectivity index (χ4n) is 8.55. The normalized spacial score (nSPS) is 13.3. The van der Waals surface area contributed by atoms with Gasteiger partial charge in [0, 0.05) is 5.41 Å². The van der Waals surface area contributed by atoms with Crippen LogP contribution in [0.5, 0.6) is 0 Å². The third-order valence-electron chi connectivity index (χ3n) is 11.0.